The highest BCUT2D eigenvalue weighted by Gasteiger charge is 2.30. The average molecular weight is 542 g/mol. The van der Waals surface area contributed by atoms with Gasteiger partial charge in [0.25, 0.3) is 5.91 Å². The van der Waals surface area contributed by atoms with Crippen LogP contribution >= 0.6 is 11.6 Å². The number of carboxylic acid groups (broad SMARTS) is 1. The molecule has 192 valence electrons. The first-order valence-electron chi connectivity index (χ1n) is 11.2. The second-order valence-corrected chi connectivity index (χ2v) is 11.1. The van der Waals surface area contributed by atoms with Gasteiger partial charge < -0.3 is 20.3 Å². The van der Waals surface area contributed by atoms with Gasteiger partial charge in [-0.15, -0.1) is 0 Å². The fraction of sp³-hybridized carbons (Fsp3) is 0.192. The number of benzene rings is 2. The number of carbonyl (C=O) groups excluding carboxylic acids is 2. The summed E-state index contributed by atoms with van der Waals surface area (Å²) in [4.78, 5) is 40.8. The molecule has 1 aliphatic rings. The lowest BCUT2D eigenvalue weighted by molar-refractivity contribution is -0.128. The lowest BCUT2D eigenvalue weighted by Crippen LogP contribution is -2.22. The quantitative estimate of drug-likeness (QED) is 0.386. The Kier molecular flexibility index (Phi) is 6.98. The molecule has 11 heteroatoms. The van der Waals surface area contributed by atoms with Crippen LogP contribution in [0, 0.1) is 6.92 Å². The molecule has 0 atom stereocenters. The minimum Gasteiger partial charge on any atom is -0.478 e. The Hall–Kier alpha value is -3.89. The first kappa shape index (κ1) is 26.2. The Morgan fingerprint density at radius 2 is 1.86 bits per heavy atom. The average Bonchev–Trinajstić information content (AvgIpc) is 3.33. The van der Waals surface area contributed by atoms with Crippen molar-refractivity contribution in [2.75, 3.05) is 19.4 Å². The summed E-state index contributed by atoms with van der Waals surface area (Å²) < 4.78 is 27.5. The number of amides is 2. The number of nitrogens with one attached hydrogen (secondary N) is 2. The summed E-state index contributed by atoms with van der Waals surface area (Å²) in [6.07, 6.45) is 1.64. The first-order valence-corrected chi connectivity index (χ1v) is 13.1. The van der Waals surface area contributed by atoms with Crippen LogP contribution in [0.1, 0.15) is 39.3 Å². The van der Waals surface area contributed by atoms with E-state index in [0.717, 1.165) is 6.07 Å². The van der Waals surface area contributed by atoms with E-state index in [9.17, 15) is 27.9 Å². The van der Waals surface area contributed by atoms with Crippen molar-refractivity contribution in [1.29, 1.82) is 0 Å². The van der Waals surface area contributed by atoms with E-state index >= 15 is 0 Å². The molecule has 3 aromatic rings. The molecule has 0 saturated carbocycles. The molecule has 0 saturated heterocycles. The van der Waals surface area contributed by atoms with Crippen molar-refractivity contribution < 1.29 is 27.9 Å². The number of rotatable bonds is 7. The maximum atomic E-state index is 13.8. The third-order valence-corrected chi connectivity index (χ3v) is 8.26. The highest BCUT2D eigenvalue weighted by atomic mass is 35.5. The SMILES string of the molecule is Cc1[nH]c(/C=C2/C(=O)Nc3ccc(Cl)cc32)c(CCC(=O)N(C)C)c1S(=O)(=O)c1cccc(C(=O)O)c1. The van der Waals surface area contributed by atoms with Gasteiger partial charge >= 0.3 is 5.97 Å². The highest BCUT2D eigenvalue weighted by Crippen LogP contribution is 2.37. The zero-order valence-electron chi connectivity index (χ0n) is 20.3. The van der Waals surface area contributed by atoms with Crippen molar-refractivity contribution in [1.82, 2.24) is 9.88 Å². The fourth-order valence-corrected chi connectivity index (χ4v) is 6.17. The molecule has 2 aromatic carbocycles. The maximum Gasteiger partial charge on any atom is 0.335 e. The Bertz CT molecular complexity index is 1590. The zero-order chi connectivity index (χ0) is 27.1. The van der Waals surface area contributed by atoms with Gasteiger partial charge in [0.2, 0.25) is 15.7 Å². The van der Waals surface area contributed by atoms with Gasteiger partial charge in [-0.2, -0.15) is 0 Å². The van der Waals surface area contributed by atoms with Crippen LogP contribution in [-0.2, 0) is 25.8 Å². The fourth-order valence-electron chi connectivity index (χ4n) is 4.24. The van der Waals surface area contributed by atoms with Gasteiger partial charge in [0.05, 0.1) is 20.9 Å². The number of sulfone groups is 1. The van der Waals surface area contributed by atoms with E-state index in [1.54, 1.807) is 45.3 Å². The van der Waals surface area contributed by atoms with Crippen molar-refractivity contribution in [2.24, 2.45) is 0 Å². The molecule has 0 radical (unpaired) electrons. The molecule has 9 nitrogen and oxygen atoms in total. The van der Waals surface area contributed by atoms with Crippen LogP contribution in [0.25, 0.3) is 11.6 Å². The zero-order valence-corrected chi connectivity index (χ0v) is 21.8. The standard InChI is InChI=1S/C26H24ClN3O6S/c1-14-24(37(35,36)17-6-4-5-15(11-17)26(33)34)18(8-10-23(31)30(2)3)22(28-14)13-20-19-12-16(27)7-9-21(19)29-25(20)32/h4-7,9,11-13,28H,8,10H2,1-3H3,(H,29,32)(H,33,34)/b20-13+. The number of aromatic amines is 1. The lowest BCUT2D eigenvalue weighted by Gasteiger charge is -2.12. The predicted octanol–water partition coefficient (Wildman–Crippen LogP) is 4.02. The number of carboxylic acids is 1. The molecule has 0 fully saturated rings. The van der Waals surface area contributed by atoms with Crippen LogP contribution in [0.3, 0.4) is 0 Å². The van der Waals surface area contributed by atoms with E-state index in [1.807, 2.05) is 0 Å². The first-order chi connectivity index (χ1) is 17.4. The van der Waals surface area contributed by atoms with Gasteiger partial charge in [-0.3, -0.25) is 9.59 Å². The molecular weight excluding hydrogens is 518 g/mol. The van der Waals surface area contributed by atoms with Gasteiger partial charge in [0.1, 0.15) is 0 Å². The van der Waals surface area contributed by atoms with Gasteiger partial charge in [0.15, 0.2) is 0 Å². The molecule has 4 rings (SSSR count). The largest absolute Gasteiger partial charge is 0.478 e. The van der Waals surface area contributed by atoms with Gasteiger partial charge in [-0.25, -0.2) is 13.2 Å². The second kappa shape index (κ2) is 9.87. The van der Waals surface area contributed by atoms with Gasteiger partial charge in [-0.1, -0.05) is 17.7 Å². The third kappa shape index (κ3) is 5.03. The molecule has 0 bridgehead atoms. The Balaban J connectivity index is 1.90. The summed E-state index contributed by atoms with van der Waals surface area (Å²) >= 11 is 6.14. The molecule has 2 amide bonds. The number of nitrogens with zero attached hydrogens (tertiary/aromatic N) is 1. The Morgan fingerprint density at radius 1 is 1.14 bits per heavy atom. The minimum absolute atomic E-state index is 0.0206. The van der Waals surface area contributed by atoms with E-state index in [-0.39, 0.29) is 45.6 Å². The molecule has 0 aliphatic carbocycles. The number of aromatic carboxylic acids is 1. The monoisotopic (exact) mass is 541 g/mol. The second-order valence-electron chi connectivity index (χ2n) is 8.80. The van der Waals surface area contributed by atoms with Crippen LogP contribution in [0.4, 0.5) is 5.69 Å². The van der Waals surface area contributed by atoms with Crippen molar-refractivity contribution in [3.05, 3.63) is 75.6 Å². The molecule has 2 heterocycles. The number of hydrogen-bond acceptors (Lipinski definition) is 5. The highest BCUT2D eigenvalue weighted by molar-refractivity contribution is 7.91. The molecule has 1 aliphatic heterocycles. The van der Waals surface area contributed by atoms with E-state index in [4.69, 9.17) is 11.6 Å². The van der Waals surface area contributed by atoms with Gasteiger partial charge in [0, 0.05) is 48.2 Å². The maximum absolute atomic E-state index is 13.8. The van der Waals surface area contributed by atoms with Crippen LogP contribution in [-0.4, -0.2) is 55.3 Å². The van der Waals surface area contributed by atoms with E-state index in [0.29, 0.717) is 33.2 Å². The summed E-state index contributed by atoms with van der Waals surface area (Å²) in [5, 5.41) is 12.5. The number of anilines is 1. The molecule has 0 spiro atoms. The summed E-state index contributed by atoms with van der Waals surface area (Å²) in [7, 11) is -0.982. The number of aryl methyl sites for hydroxylation is 1. The topological polar surface area (TPSA) is 137 Å². The van der Waals surface area contributed by atoms with Crippen LogP contribution in [0.15, 0.2) is 52.3 Å². The number of halogens is 1. The molecule has 1 aromatic heterocycles. The number of carbonyl (C=O) groups is 3. The van der Waals surface area contributed by atoms with Crippen molar-refractivity contribution in [3.8, 4) is 0 Å². The van der Waals surface area contributed by atoms with Crippen molar-refractivity contribution >= 4 is 56.6 Å². The summed E-state index contributed by atoms with van der Waals surface area (Å²) in [5.74, 6) is -1.84. The molecule has 37 heavy (non-hydrogen) atoms. The number of fused-ring (bicyclic) bond motifs is 1. The Morgan fingerprint density at radius 3 is 2.54 bits per heavy atom. The minimum atomic E-state index is -4.19. The molecular formula is C26H24ClN3O6S. The van der Waals surface area contributed by atoms with Crippen LogP contribution < -0.4 is 5.32 Å². The number of H-pyrrole nitrogens is 1. The summed E-state index contributed by atoms with van der Waals surface area (Å²) in [5.41, 5.74) is 2.24. The van der Waals surface area contributed by atoms with E-state index in [1.165, 1.54) is 23.1 Å². The summed E-state index contributed by atoms with van der Waals surface area (Å²) in [6, 6.07) is 10.1. The third-order valence-electron chi connectivity index (χ3n) is 6.06. The van der Waals surface area contributed by atoms with Crippen LogP contribution in [0.2, 0.25) is 5.02 Å². The molecule has 0 unspecified atom stereocenters. The lowest BCUT2D eigenvalue weighted by atomic mass is 10.0. The van der Waals surface area contributed by atoms with Crippen LogP contribution in [0.5, 0.6) is 0 Å². The van der Waals surface area contributed by atoms with Gasteiger partial charge in [-0.05, 0) is 61.4 Å². The number of hydrogen-bond donors (Lipinski definition) is 3. The normalized spacial score (nSPS) is 13.9. The van der Waals surface area contributed by atoms with E-state index in [2.05, 4.69) is 10.3 Å². The predicted molar refractivity (Wildman–Crippen MR) is 139 cm³/mol. The van der Waals surface area contributed by atoms with Crippen molar-refractivity contribution in [2.45, 2.75) is 29.6 Å². The summed E-state index contributed by atoms with van der Waals surface area (Å²) in [6.45, 7) is 1.58. The Labute approximate surface area is 218 Å². The molecule has 3 N–H and O–H groups in total. The van der Waals surface area contributed by atoms with E-state index < -0.39 is 15.8 Å². The smallest absolute Gasteiger partial charge is 0.335 e. The van der Waals surface area contributed by atoms with Crippen molar-refractivity contribution in [3.63, 3.8) is 0 Å². The number of aromatic nitrogens is 1.